The van der Waals surface area contributed by atoms with Gasteiger partial charge in [0, 0.05) is 13.1 Å². The van der Waals surface area contributed by atoms with Gasteiger partial charge in [-0.15, -0.1) is 0 Å². The molecule has 0 radical (unpaired) electrons. The second-order valence-electron chi connectivity index (χ2n) is 3.27. The summed E-state index contributed by atoms with van der Waals surface area (Å²) in [5, 5.41) is 28.1. The quantitative estimate of drug-likeness (QED) is 0.739. The van der Waals surface area contributed by atoms with E-state index in [2.05, 4.69) is 4.98 Å². The second kappa shape index (κ2) is 3.94. The lowest BCUT2D eigenvalue weighted by Crippen LogP contribution is -2.22. The molecule has 1 aliphatic rings. The molecule has 1 aliphatic heterocycles. The Morgan fingerprint density at radius 1 is 1.47 bits per heavy atom. The molecule has 1 aromatic rings. The summed E-state index contributed by atoms with van der Waals surface area (Å²) in [5.41, 5.74) is 0. The van der Waals surface area contributed by atoms with Crippen LogP contribution < -0.4 is 4.90 Å². The van der Waals surface area contributed by atoms with Crippen LogP contribution in [0.2, 0.25) is 5.15 Å². The van der Waals surface area contributed by atoms with Crippen molar-refractivity contribution in [3.63, 3.8) is 0 Å². The van der Waals surface area contributed by atoms with E-state index in [9.17, 15) is 10.2 Å². The minimum absolute atomic E-state index is 0.174. The monoisotopic (exact) mass is 245 g/mol. The van der Waals surface area contributed by atoms with Crippen LogP contribution in [0.5, 0.6) is 0 Å². The molecule has 7 heteroatoms. The number of nitriles is 1. The summed E-state index contributed by atoms with van der Waals surface area (Å²) in [6.45, 7) is 0.631. The van der Waals surface area contributed by atoms with Gasteiger partial charge in [0.15, 0.2) is 10.3 Å². The van der Waals surface area contributed by atoms with Crippen molar-refractivity contribution in [1.29, 1.82) is 5.26 Å². The van der Waals surface area contributed by atoms with Gasteiger partial charge in [0.25, 0.3) is 0 Å². The molecular weight excluding hydrogens is 238 g/mol. The number of aliphatic hydroxyl groups is 2. The largest absolute Gasteiger partial charge is 0.389 e. The Labute approximate surface area is 95.2 Å². The predicted molar refractivity (Wildman–Crippen MR) is 56.1 cm³/mol. The molecule has 0 spiro atoms. The van der Waals surface area contributed by atoms with Gasteiger partial charge in [-0.05, 0) is 0 Å². The van der Waals surface area contributed by atoms with E-state index in [0.29, 0.717) is 23.1 Å². The van der Waals surface area contributed by atoms with Crippen LogP contribution >= 0.6 is 22.9 Å². The lowest BCUT2D eigenvalue weighted by molar-refractivity contribution is 0.0572. The van der Waals surface area contributed by atoms with E-state index < -0.39 is 12.2 Å². The van der Waals surface area contributed by atoms with E-state index in [1.165, 1.54) is 0 Å². The lowest BCUT2D eigenvalue weighted by atomic mass is 10.3. The van der Waals surface area contributed by atoms with Crippen LogP contribution in [0.25, 0.3) is 0 Å². The number of anilines is 1. The average molecular weight is 246 g/mol. The summed E-state index contributed by atoms with van der Waals surface area (Å²) >= 11 is 6.88. The van der Waals surface area contributed by atoms with E-state index in [1.54, 1.807) is 4.90 Å². The SMILES string of the molecule is N#Cc1sc(N2CC(O)C(O)C2)nc1Cl. The Morgan fingerprint density at radius 2 is 2.07 bits per heavy atom. The van der Waals surface area contributed by atoms with E-state index in [0.717, 1.165) is 11.3 Å². The molecule has 1 aromatic heterocycles. The first-order valence-electron chi connectivity index (χ1n) is 4.29. The highest BCUT2D eigenvalue weighted by Crippen LogP contribution is 2.30. The Morgan fingerprint density at radius 3 is 2.53 bits per heavy atom. The zero-order valence-electron chi connectivity index (χ0n) is 7.59. The number of nitrogens with zero attached hydrogens (tertiary/aromatic N) is 3. The van der Waals surface area contributed by atoms with Crippen LogP contribution in [0, 0.1) is 11.3 Å². The van der Waals surface area contributed by atoms with Crippen molar-refractivity contribution in [2.45, 2.75) is 12.2 Å². The summed E-state index contributed by atoms with van der Waals surface area (Å²) in [7, 11) is 0. The van der Waals surface area contributed by atoms with Crippen molar-refractivity contribution in [3.05, 3.63) is 10.0 Å². The van der Waals surface area contributed by atoms with Gasteiger partial charge >= 0.3 is 0 Å². The molecule has 2 heterocycles. The number of aliphatic hydroxyl groups excluding tert-OH is 2. The Hall–Kier alpha value is -0.870. The summed E-state index contributed by atoms with van der Waals surface area (Å²) in [4.78, 5) is 6.06. The second-order valence-corrected chi connectivity index (χ2v) is 4.60. The van der Waals surface area contributed by atoms with Crippen molar-refractivity contribution in [3.8, 4) is 6.07 Å². The predicted octanol–water partition coefficient (Wildman–Crippen LogP) is 0.210. The summed E-state index contributed by atoms with van der Waals surface area (Å²) in [6, 6.07) is 1.93. The van der Waals surface area contributed by atoms with Crippen molar-refractivity contribution < 1.29 is 10.2 Å². The van der Waals surface area contributed by atoms with Crippen molar-refractivity contribution >= 4 is 28.1 Å². The number of hydrogen-bond donors (Lipinski definition) is 2. The fourth-order valence-corrected chi connectivity index (χ4v) is 2.48. The van der Waals surface area contributed by atoms with Gasteiger partial charge in [0.05, 0.1) is 12.2 Å². The third-order valence-corrected chi connectivity index (χ3v) is 3.61. The molecule has 2 atom stereocenters. The van der Waals surface area contributed by atoms with Crippen LogP contribution in [-0.4, -0.2) is 40.5 Å². The highest BCUT2D eigenvalue weighted by molar-refractivity contribution is 7.16. The summed E-state index contributed by atoms with van der Waals surface area (Å²) in [6.07, 6.45) is -1.53. The fourth-order valence-electron chi connectivity index (χ4n) is 1.42. The average Bonchev–Trinajstić information content (AvgIpc) is 2.71. The van der Waals surface area contributed by atoms with Crippen molar-refractivity contribution in [2.24, 2.45) is 0 Å². The van der Waals surface area contributed by atoms with Gasteiger partial charge in [-0.25, -0.2) is 4.98 Å². The number of rotatable bonds is 1. The Bertz CT molecular complexity index is 407. The first-order chi connectivity index (χ1) is 7.11. The third kappa shape index (κ3) is 1.92. The first-order valence-corrected chi connectivity index (χ1v) is 5.48. The third-order valence-electron chi connectivity index (χ3n) is 2.21. The Kier molecular flexibility index (Phi) is 2.80. The van der Waals surface area contributed by atoms with E-state index in [1.807, 2.05) is 6.07 Å². The maximum absolute atomic E-state index is 9.35. The number of halogens is 1. The molecule has 5 nitrogen and oxygen atoms in total. The number of β-amino-alcohol motifs (C(OH)–C–C–N with tert-alkyl or cyclic N) is 2. The highest BCUT2D eigenvalue weighted by Gasteiger charge is 2.31. The van der Waals surface area contributed by atoms with Crippen LogP contribution in [0.15, 0.2) is 0 Å². The summed E-state index contributed by atoms with van der Waals surface area (Å²) in [5.74, 6) is 0. The fraction of sp³-hybridized carbons (Fsp3) is 0.500. The topological polar surface area (TPSA) is 80.4 Å². The Balaban J connectivity index is 2.21. The molecule has 0 amide bonds. The molecule has 15 heavy (non-hydrogen) atoms. The molecule has 2 N–H and O–H groups in total. The first kappa shape index (κ1) is 10.6. The van der Waals surface area contributed by atoms with Gasteiger partial charge in [0.1, 0.15) is 10.9 Å². The standard InChI is InChI=1S/C8H8ClN3O2S/c9-7-6(1-10)15-8(11-7)12-2-4(13)5(14)3-12/h4-5,13-14H,2-3H2. The van der Waals surface area contributed by atoms with Gasteiger partial charge in [-0.1, -0.05) is 22.9 Å². The number of thiazole rings is 1. The molecular formula is C8H8ClN3O2S. The normalized spacial score (nSPS) is 25.6. The highest BCUT2D eigenvalue weighted by atomic mass is 35.5. The zero-order chi connectivity index (χ0) is 11.0. The molecule has 80 valence electrons. The van der Waals surface area contributed by atoms with Crippen LogP contribution in [0.3, 0.4) is 0 Å². The minimum Gasteiger partial charge on any atom is -0.389 e. The molecule has 1 fully saturated rings. The zero-order valence-corrected chi connectivity index (χ0v) is 9.16. The van der Waals surface area contributed by atoms with Crippen LogP contribution in [-0.2, 0) is 0 Å². The maximum atomic E-state index is 9.35. The summed E-state index contributed by atoms with van der Waals surface area (Å²) < 4.78 is 0. The van der Waals surface area contributed by atoms with Gasteiger partial charge in [0.2, 0.25) is 0 Å². The molecule has 0 saturated carbocycles. The van der Waals surface area contributed by atoms with E-state index in [-0.39, 0.29) is 5.15 Å². The van der Waals surface area contributed by atoms with Crippen LogP contribution in [0.1, 0.15) is 4.88 Å². The smallest absolute Gasteiger partial charge is 0.188 e. The van der Waals surface area contributed by atoms with Gasteiger partial charge in [-0.3, -0.25) is 0 Å². The van der Waals surface area contributed by atoms with E-state index >= 15 is 0 Å². The van der Waals surface area contributed by atoms with Crippen molar-refractivity contribution in [1.82, 2.24) is 4.98 Å². The number of hydrogen-bond acceptors (Lipinski definition) is 6. The van der Waals surface area contributed by atoms with Gasteiger partial charge in [-0.2, -0.15) is 5.26 Å². The van der Waals surface area contributed by atoms with E-state index in [4.69, 9.17) is 16.9 Å². The van der Waals surface area contributed by atoms with Crippen LogP contribution in [0.4, 0.5) is 5.13 Å². The molecule has 0 aliphatic carbocycles. The molecule has 1 saturated heterocycles. The maximum Gasteiger partial charge on any atom is 0.188 e. The van der Waals surface area contributed by atoms with Crippen molar-refractivity contribution in [2.75, 3.05) is 18.0 Å². The molecule has 0 bridgehead atoms. The minimum atomic E-state index is -0.766. The lowest BCUT2D eigenvalue weighted by Gasteiger charge is -2.12. The molecule has 2 rings (SSSR count). The molecule has 0 aromatic carbocycles. The van der Waals surface area contributed by atoms with Gasteiger partial charge < -0.3 is 15.1 Å². The molecule has 2 unspecified atom stereocenters. The number of aromatic nitrogens is 1.